The van der Waals surface area contributed by atoms with E-state index < -0.39 is 60.4 Å². The van der Waals surface area contributed by atoms with Crippen LogP contribution in [0.15, 0.2) is 36.4 Å². The van der Waals surface area contributed by atoms with Crippen molar-refractivity contribution in [1.29, 1.82) is 0 Å². The molecule has 2 aromatic carbocycles. The fourth-order valence-corrected chi connectivity index (χ4v) is 4.02. The lowest BCUT2D eigenvalue weighted by Gasteiger charge is -2.41. The first kappa shape index (κ1) is 29.1. The van der Waals surface area contributed by atoms with Crippen LogP contribution >= 0.6 is 0 Å². The highest BCUT2D eigenvalue weighted by Crippen LogP contribution is 2.38. The summed E-state index contributed by atoms with van der Waals surface area (Å²) in [5, 5.41) is 50.9. The van der Waals surface area contributed by atoms with E-state index in [1.807, 2.05) is 0 Å². The van der Waals surface area contributed by atoms with Crippen molar-refractivity contribution in [3.63, 3.8) is 0 Å². The minimum atomic E-state index is -2.28. The average molecular weight is 548 g/mol. The molecule has 0 heterocycles. The summed E-state index contributed by atoms with van der Waals surface area (Å²) >= 11 is 0. The van der Waals surface area contributed by atoms with Crippen molar-refractivity contribution in [2.75, 3.05) is 21.3 Å². The summed E-state index contributed by atoms with van der Waals surface area (Å²) in [6.45, 7) is 0. The Balaban J connectivity index is 1.82. The Hall–Kier alpha value is -4.49. The van der Waals surface area contributed by atoms with Crippen molar-refractivity contribution in [3.8, 4) is 28.7 Å². The third-order valence-corrected chi connectivity index (χ3v) is 6.06. The van der Waals surface area contributed by atoms with Crippen LogP contribution in [0.25, 0.3) is 6.08 Å². The van der Waals surface area contributed by atoms with Gasteiger partial charge in [0.25, 0.3) is 0 Å². The van der Waals surface area contributed by atoms with Gasteiger partial charge in [-0.05, 0) is 35.9 Å². The van der Waals surface area contributed by atoms with Crippen molar-refractivity contribution in [2.24, 2.45) is 0 Å². The highest BCUT2D eigenvalue weighted by molar-refractivity contribution is 5.91. The SMILES string of the molecule is COC(=O)C1(O)CC(OC(=O)C=Cc2ccc(O)c(O)c2)C(O)C(OC(=O)c2cc(OC)c(O)c(OC)c2)C1. The molecule has 0 bridgehead atoms. The minimum absolute atomic E-state index is 0.0999. The van der Waals surface area contributed by atoms with Gasteiger partial charge in [0.15, 0.2) is 28.6 Å². The number of ether oxygens (including phenoxy) is 5. The zero-order chi connectivity index (χ0) is 28.9. The molecule has 1 aliphatic rings. The molecule has 5 N–H and O–H groups in total. The number of esters is 3. The van der Waals surface area contributed by atoms with Gasteiger partial charge in [0, 0.05) is 18.9 Å². The van der Waals surface area contributed by atoms with Crippen LogP contribution in [0.5, 0.6) is 28.7 Å². The summed E-state index contributed by atoms with van der Waals surface area (Å²) in [7, 11) is 3.53. The van der Waals surface area contributed by atoms with E-state index in [0.29, 0.717) is 5.56 Å². The number of aromatic hydroxyl groups is 3. The Morgan fingerprint density at radius 2 is 1.49 bits per heavy atom. The number of rotatable bonds is 8. The topological polar surface area (TPSA) is 199 Å². The smallest absolute Gasteiger partial charge is 0.338 e. The first-order valence-corrected chi connectivity index (χ1v) is 11.5. The number of aliphatic hydroxyl groups is 2. The lowest BCUT2D eigenvalue weighted by molar-refractivity contribution is -0.198. The second kappa shape index (κ2) is 11.9. The van der Waals surface area contributed by atoms with Crippen molar-refractivity contribution < 1.29 is 63.6 Å². The third kappa shape index (κ3) is 6.51. The summed E-state index contributed by atoms with van der Waals surface area (Å²) in [5.41, 5.74) is -2.08. The molecule has 210 valence electrons. The summed E-state index contributed by atoms with van der Waals surface area (Å²) in [6, 6.07) is 6.12. The predicted octanol–water partition coefficient (Wildman–Crippen LogP) is 1.03. The van der Waals surface area contributed by atoms with Gasteiger partial charge >= 0.3 is 17.9 Å². The van der Waals surface area contributed by atoms with Gasteiger partial charge in [0.1, 0.15) is 18.3 Å². The molecule has 4 atom stereocenters. The summed E-state index contributed by atoms with van der Waals surface area (Å²) in [4.78, 5) is 37.7. The first-order chi connectivity index (χ1) is 18.4. The molecule has 0 amide bonds. The van der Waals surface area contributed by atoms with Gasteiger partial charge in [-0.2, -0.15) is 0 Å². The van der Waals surface area contributed by atoms with Gasteiger partial charge in [-0.1, -0.05) is 6.07 Å². The number of benzene rings is 2. The molecule has 1 fully saturated rings. The number of carbonyl (C=O) groups excluding carboxylic acids is 3. The largest absolute Gasteiger partial charge is 0.504 e. The summed E-state index contributed by atoms with van der Waals surface area (Å²) in [5.74, 6) is -4.44. The second-order valence-corrected chi connectivity index (χ2v) is 8.65. The Bertz CT molecular complexity index is 1250. The molecule has 13 heteroatoms. The molecule has 3 rings (SSSR count). The molecular formula is C26H28O13. The molecule has 0 aromatic heterocycles. The number of hydrogen-bond acceptors (Lipinski definition) is 13. The van der Waals surface area contributed by atoms with Crippen molar-refractivity contribution in [3.05, 3.63) is 47.5 Å². The standard InChI is InChI=1S/C26H28O13/c1-35-17-9-14(10-18(36-2)22(17)30)24(32)39-20-12-26(34,25(33)37-3)11-19(23(20)31)38-21(29)7-5-13-4-6-15(27)16(28)8-13/h4-10,19-20,23,27-28,30-31,34H,11-12H2,1-3H3. The van der Waals surface area contributed by atoms with Gasteiger partial charge in [-0.25, -0.2) is 14.4 Å². The van der Waals surface area contributed by atoms with Crippen molar-refractivity contribution >= 4 is 24.0 Å². The van der Waals surface area contributed by atoms with E-state index in [9.17, 15) is 39.9 Å². The van der Waals surface area contributed by atoms with Crippen LogP contribution in [0.1, 0.15) is 28.8 Å². The lowest BCUT2D eigenvalue weighted by Crippen LogP contribution is -2.58. The molecular weight excluding hydrogens is 520 g/mol. The third-order valence-electron chi connectivity index (χ3n) is 6.06. The van der Waals surface area contributed by atoms with Crippen LogP contribution in [0, 0.1) is 0 Å². The Morgan fingerprint density at radius 3 is 2.03 bits per heavy atom. The minimum Gasteiger partial charge on any atom is -0.504 e. The maximum Gasteiger partial charge on any atom is 0.338 e. The fourth-order valence-electron chi connectivity index (χ4n) is 4.02. The quantitative estimate of drug-likeness (QED) is 0.136. The number of methoxy groups -OCH3 is 3. The van der Waals surface area contributed by atoms with Crippen molar-refractivity contribution in [2.45, 2.75) is 36.8 Å². The Morgan fingerprint density at radius 1 is 0.897 bits per heavy atom. The zero-order valence-corrected chi connectivity index (χ0v) is 21.2. The highest BCUT2D eigenvalue weighted by Gasteiger charge is 2.53. The predicted molar refractivity (Wildman–Crippen MR) is 131 cm³/mol. The molecule has 4 unspecified atom stereocenters. The van der Waals surface area contributed by atoms with Crippen LogP contribution in [-0.4, -0.2) is 88.7 Å². The number of carbonyl (C=O) groups is 3. The van der Waals surface area contributed by atoms with E-state index in [-0.39, 0.29) is 28.6 Å². The van der Waals surface area contributed by atoms with E-state index in [1.54, 1.807) is 0 Å². The Kier molecular flexibility index (Phi) is 8.89. The molecule has 0 saturated heterocycles. The maximum absolute atomic E-state index is 12.9. The summed E-state index contributed by atoms with van der Waals surface area (Å²) < 4.78 is 25.3. The molecule has 13 nitrogen and oxygen atoms in total. The van der Waals surface area contributed by atoms with Crippen LogP contribution in [0.4, 0.5) is 0 Å². The van der Waals surface area contributed by atoms with E-state index >= 15 is 0 Å². The molecule has 0 radical (unpaired) electrons. The van der Waals surface area contributed by atoms with Gasteiger partial charge in [-0.15, -0.1) is 0 Å². The van der Waals surface area contributed by atoms with Crippen LogP contribution in [-0.2, 0) is 23.8 Å². The van der Waals surface area contributed by atoms with Gasteiger partial charge < -0.3 is 49.2 Å². The van der Waals surface area contributed by atoms with E-state index in [0.717, 1.165) is 25.3 Å². The fraction of sp³-hybridized carbons (Fsp3) is 0.346. The van der Waals surface area contributed by atoms with E-state index in [1.165, 1.54) is 38.5 Å². The number of phenols is 3. The molecule has 2 aromatic rings. The summed E-state index contributed by atoms with van der Waals surface area (Å²) in [6.07, 6.45) is -3.61. The molecule has 0 spiro atoms. The zero-order valence-electron chi connectivity index (χ0n) is 21.2. The van der Waals surface area contributed by atoms with Gasteiger partial charge in [-0.3, -0.25) is 0 Å². The Labute approximate surface area is 222 Å². The number of hydrogen-bond donors (Lipinski definition) is 5. The lowest BCUT2D eigenvalue weighted by atomic mass is 9.79. The second-order valence-electron chi connectivity index (χ2n) is 8.65. The maximum atomic E-state index is 12.9. The first-order valence-electron chi connectivity index (χ1n) is 11.5. The molecule has 0 aliphatic heterocycles. The average Bonchev–Trinajstić information content (AvgIpc) is 2.91. The monoisotopic (exact) mass is 548 g/mol. The van der Waals surface area contributed by atoms with Gasteiger partial charge in [0.05, 0.1) is 26.9 Å². The molecule has 1 aliphatic carbocycles. The van der Waals surface area contributed by atoms with E-state index in [2.05, 4.69) is 4.74 Å². The molecule has 1 saturated carbocycles. The normalized spacial score (nSPS) is 22.6. The van der Waals surface area contributed by atoms with E-state index in [4.69, 9.17) is 18.9 Å². The van der Waals surface area contributed by atoms with Crippen molar-refractivity contribution in [1.82, 2.24) is 0 Å². The van der Waals surface area contributed by atoms with Crippen LogP contribution in [0.3, 0.4) is 0 Å². The molecule has 39 heavy (non-hydrogen) atoms. The number of phenolic OH excluding ortho intramolecular Hbond substituents is 3. The van der Waals surface area contributed by atoms with Crippen LogP contribution in [0.2, 0.25) is 0 Å². The van der Waals surface area contributed by atoms with Gasteiger partial charge in [0.2, 0.25) is 5.75 Å². The highest BCUT2D eigenvalue weighted by atomic mass is 16.6. The van der Waals surface area contributed by atoms with Crippen LogP contribution < -0.4 is 9.47 Å². The number of aliphatic hydroxyl groups excluding tert-OH is 1.